The number of rotatable bonds is 3. The van der Waals surface area contributed by atoms with Crippen molar-refractivity contribution in [3.8, 4) is 5.75 Å². The van der Waals surface area contributed by atoms with Crippen molar-refractivity contribution in [1.82, 2.24) is 9.80 Å². The molecule has 3 amide bonds. The number of carbonyl (C=O) groups is 2. The second-order valence-corrected chi connectivity index (χ2v) is 8.58. The van der Waals surface area contributed by atoms with Crippen LogP contribution in [-0.4, -0.2) is 39.2 Å². The number of imide groups is 1. The molecule has 0 radical (unpaired) electrons. The first-order valence-corrected chi connectivity index (χ1v) is 9.78. The van der Waals surface area contributed by atoms with Gasteiger partial charge < -0.3 is 14.7 Å². The topological polar surface area (TPSA) is 70.1 Å². The molecular formula is C21H23BrN2O4. The number of urea groups is 1. The van der Waals surface area contributed by atoms with Crippen LogP contribution in [0.3, 0.4) is 0 Å². The van der Waals surface area contributed by atoms with E-state index in [2.05, 4.69) is 15.9 Å². The van der Waals surface area contributed by atoms with E-state index in [4.69, 9.17) is 4.74 Å². The number of halogens is 1. The minimum absolute atomic E-state index is 0.133. The Kier molecular flexibility index (Phi) is 5.65. The molecule has 2 aromatic rings. The molecule has 7 heteroatoms. The van der Waals surface area contributed by atoms with E-state index in [-0.39, 0.29) is 5.75 Å². The number of ether oxygens (including phenoxy) is 1. The van der Waals surface area contributed by atoms with Gasteiger partial charge in [-0.3, -0.25) is 0 Å². The van der Waals surface area contributed by atoms with Crippen LogP contribution in [0.1, 0.15) is 37.9 Å². The fourth-order valence-corrected chi connectivity index (χ4v) is 3.53. The van der Waals surface area contributed by atoms with Gasteiger partial charge in [0, 0.05) is 13.1 Å². The van der Waals surface area contributed by atoms with E-state index in [0.717, 1.165) is 11.1 Å². The molecule has 1 aliphatic rings. The highest BCUT2D eigenvalue weighted by Crippen LogP contribution is 2.33. The third-order valence-corrected chi connectivity index (χ3v) is 4.98. The van der Waals surface area contributed by atoms with E-state index in [9.17, 15) is 14.7 Å². The summed E-state index contributed by atoms with van der Waals surface area (Å²) in [5, 5.41) is 9.67. The van der Waals surface area contributed by atoms with Crippen molar-refractivity contribution in [1.29, 1.82) is 0 Å². The first-order valence-electron chi connectivity index (χ1n) is 8.99. The van der Waals surface area contributed by atoms with Gasteiger partial charge in [-0.25, -0.2) is 14.5 Å². The first kappa shape index (κ1) is 20.2. The quantitative estimate of drug-likeness (QED) is 0.714. The average molecular weight is 447 g/mol. The maximum Gasteiger partial charge on any atom is 0.419 e. The smallest absolute Gasteiger partial charge is 0.419 e. The van der Waals surface area contributed by atoms with E-state index < -0.39 is 23.8 Å². The number of phenolic OH excluding ortho intramolecular Hbond substituents is 1. The largest absolute Gasteiger partial charge is 0.507 e. The number of phenols is 1. The molecule has 1 saturated heterocycles. The molecule has 6 nitrogen and oxygen atoms in total. The molecule has 0 spiro atoms. The van der Waals surface area contributed by atoms with Crippen molar-refractivity contribution in [2.24, 2.45) is 0 Å². The number of benzene rings is 2. The molecule has 0 aliphatic carbocycles. The highest BCUT2D eigenvalue weighted by molar-refractivity contribution is 9.10. The zero-order valence-corrected chi connectivity index (χ0v) is 17.6. The summed E-state index contributed by atoms with van der Waals surface area (Å²) >= 11 is 3.29. The number of hydrogen-bond acceptors (Lipinski definition) is 4. The molecule has 3 rings (SSSR count). The Morgan fingerprint density at radius 2 is 1.89 bits per heavy atom. The fourth-order valence-electron chi connectivity index (χ4n) is 3.10. The van der Waals surface area contributed by atoms with Crippen LogP contribution in [0.15, 0.2) is 53.0 Å². The molecule has 1 aliphatic heterocycles. The molecule has 1 fully saturated rings. The predicted octanol–water partition coefficient (Wildman–Crippen LogP) is 5.07. The van der Waals surface area contributed by atoms with Gasteiger partial charge in [0.2, 0.25) is 0 Å². The van der Waals surface area contributed by atoms with Crippen LogP contribution in [0, 0.1) is 0 Å². The average Bonchev–Trinajstić information content (AvgIpc) is 2.94. The summed E-state index contributed by atoms with van der Waals surface area (Å²) in [5.41, 5.74) is 1.01. The van der Waals surface area contributed by atoms with Crippen LogP contribution < -0.4 is 0 Å². The maximum atomic E-state index is 13.1. The second kappa shape index (κ2) is 7.83. The Bertz CT molecular complexity index is 880. The molecule has 0 unspecified atom stereocenters. The second-order valence-electron chi connectivity index (χ2n) is 7.73. The molecule has 1 atom stereocenters. The van der Waals surface area contributed by atoms with Crippen LogP contribution in [0.5, 0.6) is 5.75 Å². The summed E-state index contributed by atoms with van der Waals surface area (Å²) in [5.74, 6) is 0.133. The lowest BCUT2D eigenvalue weighted by Crippen LogP contribution is -2.40. The third-order valence-electron chi connectivity index (χ3n) is 4.34. The zero-order valence-electron chi connectivity index (χ0n) is 16.1. The van der Waals surface area contributed by atoms with Gasteiger partial charge in [0.15, 0.2) is 0 Å². The maximum absolute atomic E-state index is 13.1. The van der Waals surface area contributed by atoms with Crippen LogP contribution >= 0.6 is 15.9 Å². The molecule has 0 saturated carbocycles. The normalized spacial score (nSPS) is 17.1. The highest BCUT2D eigenvalue weighted by Gasteiger charge is 2.44. The molecule has 148 valence electrons. The van der Waals surface area contributed by atoms with Gasteiger partial charge in [-0.1, -0.05) is 36.4 Å². The van der Waals surface area contributed by atoms with Gasteiger partial charge in [0.05, 0.1) is 10.5 Å². The zero-order chi connectivity index (χ0) is 20.5. The van der Waals surface area contributed by atoms with Crippen LogP contribution in [0.4, 0.5) is 9.59 Å². The summed E-state index contributed by atoms with van der Waals surface area (Å²) in [6.07, 6.45) is -0.652. The van der Waals surface area contributed by atoms with E-state index in [1.807, 2.05) is 30.3 Å². The lowest BCUT2D eigenvalue weighted by Gasteiger charge is -2.26. The summed E-state index contributed by atoms with van der Waals surface area (Å²) in [7, 11) is 0. The Balaban J connectivity index is 1.88. The Morgan fingerprint density at radius 3 is 2.50 bits per heavy atom. The first-order chi connectivity index (χ1) is 13.2. The van der Waals surface area contributed by atoms with Gasteiger partial charge in [-0.15, -0.1) is 0 Å². The van der Waals surface area contributed by atoms with E-state index in [1.54, 1.807) is 43.9 Å². The Labute approximate surface area is 172 Å². The van der Waals surface area contributed by atoms with Gasteiger partial charge in [-0.05, 0) is 60.0 Å². The van der Waals surface area contributed by atoms with Crippen molar-refractivity contribution < 1.29 is 19.4 Å². The van der Waals surface area contributed by atoms with Crippen molar-refractivity contribution in [3.05, 3.63) is 64.1 Å². The SMILES string of the molecule is CC(C)(C)OC(=O)N1C(=O)N(Cc2ccc(O)c(Br)c2)C[C@@H]1c1ccccc1. The standard InChI is InChI=1S/C21H23BrN2O4/c1-21(2,3)28-20(27)24-17(15-7-5-4-6-8-15)13-23(19(24)26)12-14-9-10-18(25)16(22)11-14/h4-11,17,25H,12-13H2,1-3H3/t17-/m1/s1. The number of aromatic hydroxyl groups is 1. The highest BCUT2D eigenvalue weighted by atomic mass is 79.9. The molecule has 2 aromatic carbocycles. The lowest BCUT2D eigenvalue weighted by molar-refractivity contribution is 0.0295. The van der Waals surface area contributed by atoms with Gasteiger partial charge >= 0.3 is 12.1 Å². The van der Waals surface area contributed by atoms with Crippen molar-refractivity contribution in [2.75, 3.05) is 6.54 Å². The summed E-state index contributed by atoms with van der Waals surface area (Å²) in [6.45, 7) is 6.00. The van der Waals surface area contributed by atoms with E-state index >= 15 is 0 Å². The Morgan fingerprint density at radius 1 is 1.21 bits per heavy atom. The lowest BCUT2D eigenvalue weighted by atomic mass is 10.1. The van der Waals surface area contributed by atoms with Crippen molar-refractivity contribution >= 4 is 28.1 Å². The molecule has 0 bridgehead atoms. The molecule has 1 N–H and O–H groups in total. The van der Waals surface area contributed by atoms with E-state index in [1.165, 1.54) is 4.90 Å². The van der Waals surface area contributed by atoms with Crippen molar-refractivity contribution in [3.63, 3.8) is 0 Å². The monoisotopic (exact) mass is 446 g/mol. The molecule has 28 heavy (non-hydrogen) atoms. The third kappa shape index (κ3) is 4.47. The summed E-state index contributed by atoms with van der Waals surface area (Å²) < 4.78 is 6.03. The van der Waals surface area contributed by atoms with Crippen LogP contribution in [0.25, 0.3) is 0 Å². The van der Waals surface area contributed by atoms with Gasteiger partial charge in [-0.2, -0.15) is 0 Å². The Hall–Kier alpha value is -2.54. The number of carbonyl (C=O) groups excluding carboxylic acids is 2. The van der Waals surface area contributed by atoms with Crippen LogP contribution in [0.2, 0.25) is 0 Å². The number of nitrogens with zero attached hydrogens (tertiary/aromatic N) is 2. The fraction of sp³-hybridized carbons (Fsp3) is 0.333. The summed E-state index contributed by atoms with van der Waals surface area (Å²) in [4.78, 5) is 28.6. The molecule has 0 aromatic heterocycles. The van der Waals surface area contributed by atoms with Crippen molar-refractivity contribution in [2.45, 2.75) is 39.0 Å². The molecule has 1 heterocycles. The number of amides is 3. The minimum Gasteiger partial charge on any atom is -0.507 e. The summed E-state index contributed by atoms with van der Waals surface area (Å²) in [6, 6.07) is 13.7. The predicted molar refractivity (Wildman–Crippen MR) is 109 cm³/mol. The van der Waals surface area contributed by atoms with E-state index in [0.29, 0.717) is 17.6 Å². The van der Waals surface area contributed by atoms with Crippen LogP contribution in [-0.2, 0) is 11.3 Å². The number of hydrogen-bond donors (Lipinski definition) is 1. The minimum atomic E-state index is -0.701. The van der Waals surface area contributed by atoms with Gasteiger partial charge in [0.25, 0.3) is 0 Å². The van der Waals surface area contributed by atoms with Gasteiger partial charge in [0.1, 0.15) is 11.4 Å². The molecular weight excluding hydrogens is 424 g/mol.